The molecule has 4 heteroatoms. The smallest absolute Gasteiger partial charge is 0.151 e. The lowest BCUT2D eigenvalue weighted by atomic mass is 9.92. The number of nitrogens with one attached hydrogen (secondary N) is 1. The standard InChI is InChI=1S/C17H22N4/c1-3-6-15-16-17(20(2)19-15)21-11-13-8-5-4-7-12(13)9-14(21)10-18-16/h4-5,7-8,14,18H,3,6,9-11H2,1-2H3. The van der Waals surface area contributed by atoms with Crippen LogP contribution in [0.15, 0.2) is 24.3 Å². The summed E-state index contributed by atoms with van der Waals surface area (Å²) in [5.41, 5.74) is 5.43. The van der Waals surface area contributed by atoms with Crippen LogP contribution >= 0.6 is 0 Å². The number of hydrogen-bond acceptors (Lipinski definition) is 3. The Morgan fingerprint density at radius 1 is 1.29 bits per heavy atom. The van der Waals surface area contributed by atoms with Gasteiger partial charge in [-0.1, -0.05) is 37.6 Å². The fourth-order valence-corrected chi connectivity index (χ4v) is 3.73. The molecular formula is C17H22N4. The molecule has 110 valence electrons. The lowest BCUT2D eigenvalue weighted by Crippen LogP contribution is -2.48. The number of rotatable bonds is 2. The lowest BCUT2D eigenvalue weighted by Gasteiger charge is -2.42. The van der Waals surface area contributed by atoms with Crippen molar-refractivity contribution in [1.29, 1.82) is 0 Å². The molecule has 0 amide bonds. The van der Waals surface area contributed by atoms with Crippen molar-refractivity contribution in [1.82, 2.24) is 9.78 Å². The highest BCUT2D eigenvalue weighted by Crippen LogP contribution is 2.38. The molecule has 0 aliphatic carbocycles. The number of hydrogen-bond donors (Lipinski definition) is 1. The van der Waals surface area contributed by atoms with E-state index < -0.39 is 0 Å². The molecular weight excluding hydrogens is 260 g/mol. The zero-order chi connectivity index (χ0) is 14.4. The Bertz CT molecular complexity index is 673. The minimum absolute atomic E-state index is 0.539. The lowest BCUT2D eigenvalue weighted by molar-refractivity contribution is 0.542. The molecule has 4 rings (SSSR count). The van der Waals surface area contributed by atoms with Gasteiger partial charge >= 0.3 is 0 Å². The average molecular weight is 282 g/mol. The van der Waals surface area contributed by atoms with Crippen LogP contribution in [0.5, 0.6) is 0 Å². The Kier molecular flexibility index (Phi) is 2.91. The molecule has 2 aliphatic rings. The zero-order valence-electron chi connectivity index (χ0n) is 12.8. The molecule has 1 atom stereocenters. The summed E-state index contributed by atoms with van der Waals surface area (Å²) in [7, 11) is 2.07. The molecule has 1 unspecified atom stereocenters. The highest BCUT2D eigenvalue weighted by Gasteiger charge is 2.34. The quantitative estimate of drug-likeness (QED) is 0.919. The second kappa shape index (κ2) is 4.79. The molecule has 2 aliphatic heterocycles. The van der Waals surface area contributed by atoms with Gasteiger partial charge in [0.2, 0.25) is 0 Å². The van der Waals surface area contributed by atoms with E-state index in [1.54, 1.807) is 0 Å². The van der Waals surface area contributed by atoms with Gasteiger partial charge in [0.1, 0.15) is 5.69 Å². The Morgan fingerprint density at radius 2 is 2.10 bits per heavy atom. The second-order valence-electron chi connectivity index (χ2n) is 6.15. The van der Waals surface area contributed by atoms with E-state index in [1.165, 1.54) is 28.3 Å². The number of nitrogens with zero attached hydrogens (tertiary/aromatic N) is 3. The van der Waals surface area contributed by atoms with Gasteiger partial charge in [0.05, 0.1) is 11.7 Å². The maximum Gasteiger partial charge on any atom is 0.151 e. The SMILES string of the molecule is CCCc1nn(C)c2c1NCC1Cc3ccccc3CN21. The molecule has 4 nitrogen and oxygen atoms in total. The van der Waals surface area contributed by atoms with Gasteiger partial charge in [-0.15, -0.1) is 0 Å². The third-order valence-corrected chi connectivity index (χ3v) is 4.72. The third kappa shape index (κ3) is 1.93. The fourth-order valence-electron chi connectivity index (χ4n) is 3.73. The molecule has 3 heterocycles. The van der Waals surface area contributed by atoms with E-state index in [2.05, 4.69) is 53.1 Å². The minimum atomic E-state index is 0.539. The molecule has 0 fully saturated rings. The van der Waals surface area contributed by atoms with Crippen molar-refractivity contribution < 1.29 is 0 Å². The first-order chi connectivity index (χ1) is 10.3. The summed E-state index contributed by atoms with van der Waals surface area (Å²) in [6, 6.07) is 9.37. The van der Waals surface area contributed by atoms with Gasteiger partial charge in [-0.3, -0.25) is 4.68 Å². The molecule has 1 N–H and O–H groups in total. The molecule has 1 aromatic carbocycles. The molecule has 0 spiro atoms. The number of aromatic nitrogens is 2. The molecule has 0 radical (unpaired) electrons. The van der Waals surface area contributed by atoms with Crippen LogP contribution in [0.25, 0.3) is 0 Å². The van der Waals surface area contributed by atoms with Crippen molar-refractivity contribution in [2.24, 2.45) is 7.05 Å². The van der Waals surface area contributed by atoms with Gasteiger partial charge in [0.25, 0.3) is 0 Å². The largest absolute Gasteiger partial charge is 0.378 e. The normalized spacial score (nSPS) is 19.5. The summed E-state index contributed by atoms with van der Waals surface area (Å²) in [5.74, 6) is 1.27. The third-order valence-electron chi connectivity index (χ3n) is 4.72. The molecule has 1 aromatic heterocycles. The van der Waals surface area contributed by atoms with Gasteiger partial charge in [-0.2, -0.15) is 5.10 Å². The minimum Gasteiger partial charge on any atom is -0.378 e. The second-order valence-corrected chi connectivity index (χ2v) is 6.15. The monoisotopic (exact) mass is 282 g/mol. The van der Waals surface area contributed by atoms with E-state index >= 15 is 0 Å². The molecule has 0 saturated heterocycles. The van der Waals surface area contributed by atoms with E-state index in [1.807, 2.05) is 0 Å². The number of aryl methyl sites for hydroxylation is 2. The van der Waals surface area contributed by atoms with Crippen molar-refractivity contribution >= 4 is 11.5 Å². The van der Waals surface area contributed by atoms with E-state index in [-0.39, 0.29) is 0 Å². The van der Waals surface area contributed by atoms with E-state index in [9.17, 15) is 0 Å². The highest BCUT2D eigenvalue weighted by molar-refractivity contribution is 5.73. The Labute approximate surface area is 125 Å². The van der Waals surface area contributed by atoms with E-state index in [0.717, 1.165) is 32.4 Å². The van der Waals surface area contributed by atoms with Crippen LogP contribution in [0, 0.1) is 0 Å². The number of fused-ring (bicyclic) bond motifs is 4. The summed E-state index contributed by atoms with van der Waals surface area (Å²) in [6.45, 7) is 4.23. The zero-order valence-corrected chi connectivity index (χ0v) is 12.8. The summed E-state index contributed by atoms with van der Waals surface area (Å²) in [4.78, 5) is 2.54. The summed E-state index contributed by atoms with van der Waals surface area (Å²) in [5, 5.41) is 8.38. The van der Waals surface area contributed by atoms with Crippen LogP contribution in [-0.4, -0.2) is 22.4 Å². The molecule has 0 saturated carbocycles. The van der Waals surface area contributed by atoms with Crippen molar-refractivity contribution in [2.45, 2.75) is 38.8 Å². The Balaban J connectivity index is 1.76. The van der Waals surface area contributed by atoms with Crippen molar-refractivity contribution in [3.63, 3.8) is 0 Å². The maximum absolute atomic E-state index is 4.74. The Morgan fingerprint density at radius 3 is 2.90 bits per heavy atom. The first-order valence-electron chi connectivity index (χ1n) is 7.91. The van der Waals surface area contributed by atoms with Crippen molar-refractivity contribution in [3.05, 3.63) is 41.1 Å². The van der Waals surface area contributed by atoms with Crippen molar-refractivity contribution in [3.8, 4) is 0 Å². The summed E-state index contributed by atoms with van der Waals surface area (Å²) < 4.78 is 2.06. The first kappa shape index (κ1) is 12.7. The van der Waals surface area contributed by atoms with Crippen LogP contribution in [0.1, 0.15) is 30.2 Å². The van der Waals surface area contributed by atoms with Gasteiger partial charge in [-0.25, -0.2) is 0 Å². The summed E-state index contributed by atoms with van der Waals surface area (Å²) in [6.07, 6.45) is 3.31. The van der Waals surface area contributed by atoms with Crippen LogP contribution in [0.3, 0.4) is 0 Å². The van der Waals surface area contributed by atoms with Gasteiger partial charge in [-0.05, 0) is 24.0 Å². The molecule has 0 bridgehead atoms. The molecule has 21 heavy (non-hydrogen) atoms. The predicted molar refractivity (Wildman–Crippen MR) is 85.8 cm³/mol. The van der Waals surface area contributed by atoms with Crippen LogP contribution in [-0.2, 0) is 26.4 Å². The van der Waals surface area contributed by atoms with Crippen LogP contribution in [0.2, 0.25) is 0 Å². The Hall–Kier alpha value is -1.97. The fraction of sp³-hybridized carbons (Fsp3) is 0.471. The van der Waals surface area contributed by atoms with Gasteiger partial charge < -0.3 is 10.2 Å². The highest BCUT2D eigenvalue weighted by atomic mass is 15.4. The summed E-state index contributed by atoms with van der Waals surface area (Å²) >= 11 is 0. The van der Waals surface area contributed by atoms with E-state index in [0.29, 0.717) is 6.04 Å². The topological polar surface area (TPSA) is 33.1 Å². The first-order valence-corrected chi connectivity index (χ1v) is 7.91. The van der Waals surface area contributed by atoms with Crippen LogP contribution < -0.4 is 10.2 Å². The van der Waals surface area contributed by atoms with Crippen LogP contribution in [0.4, 0.5) is 11.5 Å². The predicted octanol–water partition coefficient (Wildman–Crippen LogP) is 2.73. The van der Waals surface area contributed by atoms with Gasteiger partial charge in [0.15, 0.2) is 5.82 Å². The van der Waals surface area contributed by atoms with Gasteiger partial charge in [0, 0.05) is 20.1 Å². The number of benzene rings is 1. The number of anilines is 2. The maximum atomic E-state index is 4.74. The van der Waals surface area contributed by atoms with E-state index in [4.69, 9.17) is 5.10 Å². The average Bonchev–Trinajstić information content (AvgIpc) is 2.82. The van der Waals surface area contributed by atoms with Crippen molar-refractivity contribution in [2.75, 3.05) is 16.8 Å². The molecule has 2 aromatic rings.